The summed E-state index contributed by atoms with van der Waals surface area (Å²) in [5, 5.41) is 7.26. The van der Waals surface area contributed by atoms with Crippen molar-refractivity contribution in [1.29, 1.82) is 0 Å². The van der Waals surface area contributed by atoms with Crippen LogP contribution in [0, 0.1) is 0 Å². The Labute approximate surface area is 175 Å². The lowest BCUT2D eigenvalue weighted by atomic mass is 10.1. The smallest absolute Gasteiger partial charge is 0.338 e. The molecule has 0 radical (unpaired) electrons. The Balaban J connectivity index is 1.69. The minimum absolute atomic E-state index is 0.294. The third-order valence-corrected chi connectivity index (χ3v) is 4.59. The van der Waals surface area contributed by atoms with E-state index in [4.69, 9.17) is 9.47 Å². The zero-order chi connectivity index (χ0) is 21.5. The number of rotatable bonds is 8. The van der Waals surface area contributed by atoms with Gasteiger partial charge in [0, 0.05) is 18.3 Å². The van der Waals surface area contributed by atoms with E-state index in [-0.39, 0.29) is 11.9 Å². The number of carbonyl (C=O) groups is 2. The van der Waals surface area contributed by atoms with Crippen molar-refractivity contribution in [2.24, 2.45) is 7.05 Å². The summed E-state index contributed by atoms with van der Waals surface area (Å²) in [5.74, 6) is 0.0609. The van der Waals surface area contributed by atoms with Crippen molar-refractivity contribution in [3.8, 4) is 17.0 Å². The van der Waals surface area contributed by atoms with Crippen LogP contribution in [0.4, 0.5) is 5.69 Å². The lowest BCUT2D eigenvalue weighted by Gasteiger charge is -2.07. The Morgan fingerprint density at radius 2 is 1.87 bits per heavy atom. The maximum Gasteiger partial charge on any atom is 0.338 e. The average molecular weight is 407 g/mol. The molecule has 0 saturated heterocycles. The lowest BCUT2D eigenvalue weighted by molar-refractivity contribution is 0.0499. The van der Waals surface area contributed by atoms with E-state index in [0.717, 1.165) is 24.2 Å². The van der Waals surface area contributed by atoms with Gasteiger partial charge in [-0.25, -0.2) is 4.79 Å². The van der Waals surface area contributed by atoms with Crippen LogP contribution in [-0.4, -0.2) is 35.4 Å². The predicted molar refractivity (Wildman–Crippen MR) is 115 cm³/mol. The lowest BCUT2D eigenvalue weighted by Crippen LogP contribution is -2.16. The molecule has 0 unspecified atom stereocenters. The second-order valence-corrected chi connectivity index (χ2v) is 6.79. The Morgan fingerprint density at radius 3 is 2.57 bits per heavy atom. The summed E-state index contributed by atoms with van der Waals surface area (Å²) in [6.07, 6.45) is 1.80. The molecule has 3 rings (SSSR count). The largest absolute Gasteiger partial charge is 0.497 e. The molecule has 2 aromatic carbocycles. The first kappa shape index (κ1) is 21.1. The second-order valence-electron chi connectivity index (χ2n) is 6.79. The molecule has 0 fully saturated rings. The molecule has 1 aromatic heterocycles. The van der Waals surface area contributed by atoms with Crippen molar-refractivity contribution in [2.45, 2.75) is 19.8 Å². The van der Waals surface area contributed by atoms with E-state index in [1.54, 1.807) is 44.5 Å². The van der Waals surface area contributed by atoms with Gasteiger partial charge in [0.2, 0.25) is 0 Å². The first-order chi connectivity index (χ1) is 14.5. The summed E-state index contributed by atoms with van der Waals surface area (Å²) in [4.78, 5) is 24.7. The maximum atomic E-state index is 12.7. The van der Waals surface area contributed by atoms with Crippen LogP contribution in [0.25, 0.3) is 11.3 Å². The molecule has 1 heterocycles. The molecule has 0 bridgehead atoms. The fourth-order valence-electron chi connectivity index (χ4n) is 2.88. The number of methoxy groups -OCH3 is 1. The Kier molecular flexibility index (Phi) is 6.85. The van der Waals surface area contributed by atoms with E-state index in [1.165, 1.54) is 4.68 Å². The zero-order valence-electron chi connectivity index (χ0n) is 17.3. The third-order valence-electron chi connectivity index (χ3n) is 4.59. The minimum Gasteiger partial charge on any atom is -0.497 e. The maximum absolute atomic E-state index is 12.7. The number of aromatic nitrogens is 2. The number of aryl methyl sites for hydroxylation is 1. The van der Waals surface area contributed by atoms with Crippen LogP contribution in [0.2, 0.25) is 0 Å². The fraction of sp³-hybridized carbons (Fsp3) is 0.261. The van der Waals surface area contributed by atoms with Crippen molar-refractivity contribution in [3.63, 3.8) is 0 Å². The van der Waals surface area contributed by atoms with Gasteiger partial charge in [-0.2, -0.15) is 5.10 Å². The van der Waals surface area contributed by atoms with Gasteiger partial charge in [-0.15, -0.1) is 0 Å². The number of carbonyl (C=O) groups excluding carboxylic acids is 2. The molecule has 0 aliphatic rings. The highest BCUT2D eigenvalue weighted by Gasteiger charge is 2.15. The van der Waals surface area contributed by atoms with Crippen molar-refractivity contribution in [2.75, 3.05) is 19.0 Å². The SMILES string of the molecule is CCCCOC(=O)c1ccc(NC(=O)c2cc(-c3cccc(OC)c3)nn2C)cc1. The van der Waals surface area contributed by atoms with Crippen molar-refractivity contribution >= 4 is 17.6 Å². The van der Waals surface area contributed by atoms with Crippen LogP contribution >= 0.6 is 0 Å². The normalized spacial score (nSPS) is 10.5. The summed E-state index contributed by atoms with van der Waals surface area (Å²) in [5.41, 5.74) is 2.97. The molecular formula is C23H25N3O4. The topological polar surface area (TPSA) is 82.4 Å². The number of ether oxygens (including phenoxy) is 2. The summed E-state index contributed by atoms with van der Waals surface area (Å²) in [6.45, 7) is 2.44. The molecule has 1 N–H and O–H groups in total. The summed E-state index contributed by atoms with van der Waals surface area (Å²) in [6, 6.07) is 15.8. The number of hydrogen-bond donors (Lipinski definition) is 1. The second kappa shape index (κ2) is 9.73. The Hall–Kier alpha value is -3.61. The van der Waals surface area contributed by atoms with E-state index < -0.39 is 0 Å². The Morgan fingerprint density at radius 1 is 1.10 bits per heavy atom. The number of nitrogens with one attached hydrogen (secondary N) is 1. The van der Waals surface area contributed by atoms with Gasteiger partial charge in [0.15, 0.2) is 0 Å². The molecule has 156 valence electrons. The summed E-state index contributed by atoms with van der Waals surface area (Å²) in [7, 11) is 3.32. The van der Waals surface area contributed by atoms with Gasteiger partial charge in [0.1, 0.15) is 11.4 Å². The fourth-order valence-corrected chi connectivity index (χ4v) is 2.88. The Bertz CT molecular complexity index is 1030. The number of hydrogen-bond acceptors (Lipinski definition) is 5. The van der Waals surface area contributed by atoms with Crippen LogP contribution in [0.15, 0.2) is 54.6 Å². The average Bonchev–Trinajstić information content (AvgIpc) is 3.16. The van der Waals surface area contributed by atoms with Gasteiger partial charge in [-0.1, -0.05) is 25.5 Å². The number of esters is 1. The van der Waals surface area contributed by atoms with Crippen LogP contribution in [0.1, 0.15) is 40.6 Å². The molecule has 1 amide bonds. The van der Waals surface area contributed by atoms with Crippen molar-refractivity contribution in [1.82, 2.24) is 9.78 Å². The van der Waals surface area contributed by atoms with Crippen LogP contribution in [0.3, 0.4) is 0 Å². The third kappa shape index (κ3) is 5.05. The predicted octanol–water partition coefficient (Wildman–Crippen LogP) is 4.30. The van der Waals surface area contributed by atoms with Gasteiger partial charge in [-0.05, 0) is 48.9 Å². The van der Waals surface area contributed by atoms with Crippen LogP contribution in [0.5, 0.6) is 5.75 Å². The molecule has 0 aliphatic heterocycles. The number of benzene rings is 2. The molecule has 30 heavy (non-hydrogen) atoms. The number of amides is 1. The number of nitrogens with zero attached hydrogens (tertiary/aromatic N) is 2. The molecule has 0 aliphatic carbocycles. The molecule has 0 atom stereocenters. The van der Waals surface area contributed by atoms with Gasteiger partial charge in [-0.3, -0.25) is 9.48 Å². The highest BCUT2D eigenvalue weighted by molar-refractivity contribution is 6.04. The minimum atomic E-state index is -0.365. The summed E-state index contributed by atoms with van der Waals surface area (Å²) < 4.78 is 12.0. The monoisotopic (exact) mass is 407 g/mol. The molecule has 7 nitrogen and oxygen atoms in total. The van der Waals surface area contributed by atoms with E-state index in [1.807, 2.05) is 31.2 Å². The quantitative estimate of drug-likeness (QED) is 0.445. The van der Waals surface area contributed by atoms with Crippen molar-refractivity contribution in [3.05, 3.63) is 65.9 Å². The van der Waals surface area contributed by atoms with Gasteiger partial charge in [0.25, 0.3) is 5.91 Å². The van der Waals surface area contributed by atoms with E-state index >= 15 is 0 Å². The van der Waals surface area contributed by atoms with E-state index in [2.05, 4.69) is 10.4 Å². The standard InChI is InChI=1S/C23H25N3O4/c1-4-5-13-30-23(28)16-9-11-18(12-10-16)24-22(27)21-15-20(25-26(21)2)17-7-6-8-19(14-17)29-3/h6-12,14-15H,4-5,13H2,1-3H3,(H,24,27). The van der Waals surface area contributed by atoms with Gasteiger partial charge >= 0.3 is 5.97 Å². The van der Waals surface area contributed by atoms with Gasteiger partial charge < -0.3 is 14.8 Å². The first-order valence-corrected chi connectivity index (χ1v) is 9.79. The molecule has 0 saturated carbocycles. The molecule has 7 heteroatoms. The van der Waals surface area contributed by atoms with E-state index in [9.17, 15) is 9.59 Å². The van der Waals surface area contributed by atoms with E-state index in [0.29, 0.717) is 29.2 Å². The van der Waals surface area contributed by atoms with Crippen LogP contribution in [-0.2, 0) is 11.8 Å². The molecule has 0 spiro atoms. The van der Waals surface area contributed by atoms with Crippen LogP contribution < -0.4 is 10.1 Å². The summed E-state index contributed by atoms with van der Waals surface area (Å²) >= 11 is 0. The zero-order valence-corrected chi connectivity index (χ0v) is 17.3. The molecule has 3 aromatic rings. The molecular weight excluding hydrogens is 382 g/mol. The number of unbranched alkanes of at least 4 members (excludes halogenated alkanes) is 1. The highest BCUT2D eigenvalue weighted by atomic mass is 16.5. The van der Waals surface area contributed by atoms with Gasteiger partial charge in [0.05, 0.1) is 25.0 Å². The van der Waals surface area contributed by atoms with Crippen molar-refractivity contribution < 1.29 is 19.1 Å². The highest BCUT2D eigenvalue weighted by Crippen LogP contribution is 2.23. The number of anilines is 1. The first-order valence-electron chi connectivity index (χ1n) is 9.79.